The summed E-state index contributed by atoms with van der Waals surface area (Å²) in [5.74, 6) is -1.30. The van der Waals surface area contributed by atoms with Gasteiger partial charge in [0, 0.05) is 18.1 Å². The number of thiazole rings is 1. The lowest BCUT2D eigenvalue weighted by Crippen LogP contribution is -2.23. The van der Waals surface area contributed by atoms with Crippen molar-refractivity contribution in [3.8, 4) is 5.13 Å². The zero-order chi connectivity index (χ0) is 17.1. The fourth-order valence-electron chi connectivity index (χ4n) is 2.05. The zero-order valence-electron chi connectivity index (χ0n) is 12.7. The average Bonchev–Trinajstić information content (AvgIpc) is 3.31. The van der Waals surface area contributed by atoms with Gasteiger partial charge in [0.15, 0.2) is 0 Å². The van der Waals surface area contributed by atoms with Gasteiger partial charge in [0.05, 0.1) is 17.5 Å². The second-order valence-corrected chi connectivity index (χ2v) is 6.66. The van der Waals surface area contributed by atoms with E-state index in [2.05, 4.69) is 15.4 Å². The number of hydrogen-bond acceptors (Lipinski definition) is 6. The van der Waals surface area contributed by atoms with Gasteiger partial charge in [-0.05, 0) is 23.4 Å². The molecule has 3 aromatic heterocycles. The SMILES string of the molecule is CCc1csc(-n2cc(C(=O)NCc3ccsc3C(=O)O)cn2)n1. The first-order valence-electron chi connectivity index (χ1n) is 7.15. The Morgan fingerprint density at radius 3 is 2.92 bits per heavy atom. The van der Waals surface area contributed by atoms with Crippen molar-refractivity contribution in [2.75, 3.05) is 0 Å². The van der Waals surface area contributed by atoms with Crippen molar-refractivity contribution >= 4 is 34.6 Å². The highest BCUT2D eigenvalue weighted by Crippen LogP contribution is 2.17. The normalized spacial score (nSPS) is 10.7. The summed E-state index contributed by atoms with van der Waals surface area (Å²) < 4.78 is 1.56. The summed E-state index contributed by atoms with van der Waals surface area (Å²) in [5, 5.41) is 20.3. The molecule has 24 heavy (non-hydrogen) atoms. The molecule has 3 heterocycles. The van der Waals surface area contributed by atoms with Crippen molar-refractivity contribution in [1.82, 2.24) is 20.1 Å². The Labute approximate surface area is 145 Å². The fourth-order valence-corrected chi connectivity index (χ4v) is 3.65. The second kappa shape index (κ2) is 6.93. The Hall–Kier alpha value is -2.52. The van der Waals surface area contributed by atoms with E-state index in [0.717, 1.165) is 23.5 Å². The van der Waals surface area contributed by atoms with E-state index in [4.69, 9.17) is 5.11 Å². The minimum Gasteiger partial charge on any atom is -0.477 e. The monoisotopic (exact) mass is 362 g/mol. The van der Waals surface area contributed by atoms with Gasteiger partial charge in [0.2, 0.25) is 5.13 Å². The van der Waals surface area contributed by atoms with E-state index in [1.54, 1.807) is 22.3 Å². The molecule has 0 saturated heterocycles. The molecule has 0 spiro atoms. The van der Waals surface area contributed by atoms with Crippen LogP contribution in [-0.4, -0.2) is 31.7 Å². The van der Waals surface area contributed by atoms with Crippen molar-refractivity contribution < 1.29 is 14.7 Å². The van der Waals surface area contributed by atoms with Gasteiger partial charge < -0.3 is 10.4 Å². The van der Waals surface area contributed by atoms with Crippen molar-refractivity contribution in [1.29, 1.82) is 0 Å². The summed E-state index contributed by atoms with van der Waals surface area (Å²) in [7, 11) is 0. The third-order valence-corrected chi connectivity index (χ3v) is 5.15. The Bertz CT molecular complexity index is 881. The first kappa shape index (κ1) is 16.3. The van der Waals surface area contributed by atoms with Gasteiger partial charge in [-0.2, -0.15) is 5.10 Å². The van der Waals surface area contributed by atoms with Crippen LogP contribution in [0.2, 0.25) is 0 Å². The highest BCUT2D eigenvalue weighted by Gasteiger charge is 2.14. The van der Waals surface area contributed by atoms with Crippen LogP contribution in [0.1, 0.15) is 38.2 Å². The number of nitrogens with one attached hydrogen (secondary N) is 1. The summed E-state index contributed by atoms with van der Waals surface area (Å²) in [6.07, 6.45) is 3.92. The van der Waals surface area contributed by atoms with Crippen molar-refractivity contribution in [3.63, 3.8) is 0 Å². The lowest BCUT2D eigenvalue weighted by atomic mass is 10.2. The Balaban J connectivity index is 1.67. The number of aromatic nitrogens is 3. The summed E-state index contributed by atoms with van der Waals surface area (Å²) >= 11 is 2.60. The van der Waals surface area contributed by atoms with Gasteiger partial charge in [0.1, 0.15) is 4.88 Å². The molecule has 0 fully saturated rings. The number of thiophene rings is 1. The molecule has 0 atom stereocenters. The van der Waals surface area contributed by atoms with Gasteiger partial charge >= 0.3 is 5.97 Å². The van der Waals surface area contributed by atoms with E-state index in [-0.39, 0.29) is 17.3 Å². The topological polar surface area (TPSA) is 97.1 Å². The number of aryl methyl sites for hydroxylation is 1. The molecular weight excluding hydrogens is 348 g/mol. The second-order valence-electron chi connectivity index (χ2n) is 4.91. The van der Waals surface area contributed by atoms with E-state index in [1.807, 2.05) is 12.3 Å². The fraction of sp³-hybridized carbons (Fsp3) is 0.200. The molecule has 2 N–H and O–H groups in total. The molecule has 0 radical (unpaired) electrons. The highest BCUT2D eigenvalue weighted by molar-refractivity contribution is 7.12. The number of carboxylic acid groups (broad SMARTS) is 1. The minimum atomic E-state index is -0.988. The molecule has 0 aromatic carbocycles. The number of carbonyl (C=O) groups excluding carboxylic acids is 1. The van der Waals surface area contributed by atoms with Crippen LogP contribution < -0.4 is 5.32 Å². The van der Waals surface area contributed by atoms with E-state index in [9.17, 15) is 9.59 Å². The Morgan fingerprint density at radius 1 is 1.38 bits per heavy atom. The van der Waals surface area contributed by atoms with Gasteiger partial charge in [-0.25, -0.2) is 14.5 Å². The predicted octanol–water partition coefficient (Wildman–Crippen LogP) is 2.58. The highest BCUT2D eigenvalue weighted by atomic mass is 32.1. The number of carboxylic acids is 1. The zero-order valence-corrected chi connectivity index (χ0v) is 14.4. The molecule has 0 aliphatic rings. The van der Waals surface area contributed by atoms with Gasteiger partial charge in [-0.3, -0.25) is 4.79 Å². The summed E-state index contributed by atoms with van der Waals surface area (Å²) in [6.45, 7) is 2.18. The molecule has 0 bridgehead atoms. The minimum absolute atomic E-state index is 0.159. The van der Waals surface area contributed by atoms with Gasteiger partial charge in [-0.15, -0.1) is 22.7 Å². The first-order chi connectivity index (χ1) is 11.6. The summed E-state index contributed by atoms with van der Waals surface area (Å²) in [5.41, 5.74) is 1.96. The average molecular weight is 362 g/mol. The van der Waals surface area contributed by atoms with Crippen LogP contribution in [0, 0.1) is 0 Å². The molecule has 3 aromatic rings. The molecule has 9 heteroatoms. The van der Waals surface area contributed by atoms with Crippen LogP contribution in [-0.2, 0) is 13.0 Å². The number of amides is 1. The smallest absolute Gasteiger partial charge is 0.346 e. The lowest BCUT2D eigenvalue weighted by molar-refractivity contribution is 0.0700. The predicted molar refractivity (Wildman–Crippen MR) is 91.1 cm³/mol. The number of rotatable bonds is 6. The first-order valence-corrected chi connectivity index (χ1v) is 8.91. The van der Waals surface area contributed by atoms with Crippen LogP contribution in [0.15, 0.2) is 29.2 Å². The van der Waals surface area contributed by atoms with Crippen molar-refractivity contribution in [2.24, 2.45) is 0 Å². The summed E-state index contributed by atoms with van der Waals surface area (Å²) in [4.78, 5) is 27.9. The molecule has 7 nitrogen and oxygen atoms in total. The number of carbonyl (C=O) groups is 2. The van der Waals surface area contributed by atoms with Crippen LogP contribution in [0.5, 0.6) is 0 Å². The largest absolute Gasteiger partial charge is 0.477 e. The lowest BCUT2D eigenvalue weighted by Gasteiger charge is -2.03. The maximum absolute atomic E-state index is 12.2. The quantitative estimate of drug-likeness (QED) is 0.702. The standard InChI is InChI=1S/C15H14N4O3S2/c1-2-11-8-24-15(18-11)19-7-10(6-17-19)13(20)16-5-9-3-4-23-12(9)14(21)22/h3-4,6-8H,2,5H2,1H3,(H,16,20)(H,21,22). The van der Waals surface area contributed by atoms with E-state index >= 15 is 0 Å². The molecule has 0 aliphatic carbocycles. The third kappa shape index (κ3) is 3.36. The molecular formula is C15H14N4O3S2. The van der Waals surface area contributed by atoms with Crippen LogP contribution in [0.4, 0.5) is 0 Å². The molecule has 3 rings (SSSR count). The van der Waals surface area contributed by atoms with Gasteiger partial charge in [0.25, 0.3) is 5.91 Å². The van der Waals surface area contributed by atoms with Crippen LogP contribution in [0.25, 0.3) is 5.13 Å². The molecule has 124 valence electrons. The molecule has 1 amide bonds. The van der Waals surface area contributed by atoms with E-state index in [0.29, 0.717) is 16.3 Å². The van der Waals surface area contributed by atoms with Gasteiger partial charge in [-0.1, -0.05) is 6.92 Å². The number of aromatic carboxylic acids is 1. The third-order valence-electron chi connectivity index (χ3n) is 3.32. The Morgan fingerprint density at radius 2 is 2.21 bits per heavy atom. The number of hydrogen-bond donors (Lipinski definition) is 2. The number of nitrogens with zero attached hydrogens (tertiary/aromatic N) is 3. The van der Waals surface area contributed by atoms with E-state index in [1.165, 1.54) is 17.5 Å². The van der Waals surface area contributed by atoms with Crippen molar-refractivity contribution in [2.45, 2.75) is 19.9 Å². The van der Waals surface area contributed by atoms with Crippen LogP contribution >= 0.6 is 22.7 Å². The maximum Gasteiger partial charge on any atom is 0.346 e. The molecule has 0 saturated carbocycles. The molecule has 0 aliphatic heterocycles. The van der Waals surface area contributed by atoms with Crippen molar-refractivity contribution in [3.05, 3.63) is 50.9 Å². The van der Waals surface area contributed by atoms with Crippen LogP contribution in [0.3, 0.4) is 0 Å². The maximum atomic E-state index is 12.2. The molecule has 0 unspecified atom stereocenters. The summed E-state index contributed by atoms with van der Waals surface area (Å²) in [6, 6.07) is 1.69. The van der Waals surface area contributed by atoms with E-state index < -0.39 is 5.97 Å². The Kier molecular flexibility index (Phi) is 4.72.